The summed E-state index contributed by atoms with van der Waals surface area (Å²) >= 11 is 0. The minimum Gasteiger partial charge on any atom is -0.485 e. The zero-order valence-electron chi connectivity index (χ0n) is 12.7. The molecule has 0 fully saturated rings. The monoisotopic (exact) mass is 312 g/mol. The Hall–Kier alpha value is -2.83. The van der Waals surface area contributed by atoms with Crippen LogP contribution in [0, 0.1) is 0 Å². The lowest BCUT2D eigenvalue weighted by Crippen LogP contribution is -2.40. The van der Waals surface area contributed by atoms with E-state index in [-0.39, 0.29) is 0 Å². The molecular formula is C16H16N4O3. The van der Waals surface area contributed by atoms with E-state index in [9.17, 15) is 0 Å². The first kappa shape index (κ1) is 13.8. The van der Waals surface area contributed by atoms with Crippen molar-refractivity contribution < 1.29 is 14.0 Å². The zero-order chi connectivity index (χ0) is 15.7. The van der Waals surface area contributed by atoms with Crippen LogP contribution < -0.4 is 9.47 Å². The van der Waals surface area contributed by atoms with E-state index < -0.39 is 5.60 Å². The predicted octanol–water partition coefficient (Wildman–Crippen LogP) is 2.20. The molecule has 3 heterocycles. The minimum atomic E-state index is -0.762. The van der Waals surface area contributed by atoms with E-state index in [4.69, 9.17) is 14.0 Å². The lowest BCUT2D eigenvalue weighted by atomic mass is 10.1. The van der Waals surface area contributed by atoms with Gasteiger partial charge in [-0.1, -0.05) is 17.3 Å². The number of rotatable bonds is 4. The van der Waals surface area contributed by atoms with Gasteiger partial charge in [0.2, 0.25) is 17.3 Å². The highest BCUT2D eigenvalue weighted by atomic mass is 16.6. The second kappa shape index (κ2) is 5.42. The number of para-hydroxylation sites is 2. The molecule has 0 radical (unpaired) electrons. The second-order valence-electron chi connectivity index (χ2n) is 5.60. The van der Waals surface area contributed by atoms with Crippen molar-refractivity contribution in [3.8, 4) is 11.5 Å². The molecule has 1 aromatic carbocycles. The van der Waals surface area contributed by atoms with Crippen LogP contribution in [-0.2, 0) is 18.6 Å². The first-order valence-corrected chi connectivity index (χ1v) is 7.44. The lowest BCUT2D eigenvalue weighted by Gasteiger charge is -2.32. The molecule has 1 aliphatic rings. The van der Waals surface area contributed by atoms with Crippen molar-refractivity contribution >= 4 is 0 Å². The molecule has 7 heteroatoms. The summed E-state index contributed by atoms with van der Waals surface area (Å²) in [5.41, 5.74) is -0.762. The first-order chi connectivity index (χ1) is 11.2. The summed E-state index contributed by atoms with van der Waals surface area (Å²) in [5, 5.41) is 8.21. The molecule has 23 heavy (non-hydrogen) atoms. The fraction of sp³-hybridized carbons (Fsp3) is 0.312. The van der Waals surface area contributed by atoms with E-state index in [1.165, 1.54) is 0 Å². The number of fused-ring (bicyclic) bond motifs is 1. The van der Waals surface area contributed by atoms with Gasteiger partial charge >= 0.3 is 0 Å². The Balaban J connectivity index is 1.50. The Labute approximate surface area is 132 Å². The molecule has 118 valence electrons. The predicted molar refractivity (Wildman–Crippen MR) is 80.1 cm³/mol. The highest BCUT2D eigenvalue weighted by Gasteiger charge is 2.39. The van der Waals surface area contributed by atoms with Gasteiger partial charge in [-0.15, -0.1) is 0 Å². The Morgan fingerprint density at radius 2 is 2.09 bits per heavy atom. The normalized spacial score (nSPS) is 19.7. The molecule has 0 amide bonds. The van der Waals surface area contributed by atoms with Crippen molar-refractivity contribution in [2.75, 3.05) is 6.61 Å². The molecule has 0 bridgehead atoms. The maximum Gasteiger partial charge on any atom is 0.228 e. The van der Waals surface area contributed by atoms with E-state index in [1.807, 2.05) is 48.1 Å². The van der Waals surface area contributed by atoms with Crippen molar-refractivity contribution in [3.05, 3.63) is 54.4 Å². The summed E-state index contributed by atoms with van der Waals surface area (Å²) in [6.45, 7) is 2.92. The summed E-state index contributed by atoms with van der Waals surface area (Å²) in [5.74, 6) is 2.46. The van der Waals surface area contributed by atoms with Gasteiger partial charge in [-0.05, 0) is 25.1 Å². The fourth-order valence-electron chi connectivity index (χ4n) is 2.47. The van der Waals surface area contributed by atoms with E-state index in [2.05, 4.69) is 15.2 Å². The number of ether oxygens (including phenoxy) is 2. The van der Waals surface area contributed by atoms with Crippen LogP contribution in [-0.4, -0.2) is 26.5 Å². The standard InChI is InChI=1S/C16H16N4O3/c1-16(11-21-12-5-2-3-6-13(12)22-16)15-18-14(23-19-15)7-10-20-9-4-8-17-20/h2-6,8-9H,7,10-11H2,1H3. The smallest absolute Gasteiger partial charge is 0.228 e. The van der Waals surface area contributed by atoms with Crippen LogP contribution in [0.5, 0.6) is 11.5 Å². The summed E-state index contributed by atoms with van der Waals surface area (Å²) < 4.78 is 19.0. The van der Waals surface area contributed by atoms with Gasteiger partial charge < -0.3 is 14.0 Å². The summed E-state index contributed by atoms with van der Waals surface area (Å²) in [6, 6.07) is 9.43. The van der Waals surface area contributed by atoms with Crippen molar-refractivity contribution in [2.24, 2.45) is 0 Å². The van der Waals surface area contributed by atoms with Crippen LogP contribution in [0.2, 0.25) is 0 Å². The molecule has 1 unspecified atom stereocenters. The summed E-state index contributed by atoms with van der Waals surface area (Å²) in [7, 11) is 0. The first-order valence-electron chi connectivity index (χ1n) is 7.44. The minimum absolute atomic E-state index is 0.335. The third kappa shape index (κ3) is 2.65. The topological polar surface area (TPSA) is 75.2 Å². The van der Waals surface area contributed by atoms with Gasteiger partial charge in [-0.25, -0.2) is 0 Å². The molecule has 2 aromatic heterocycles. The summed E-state index contributed by atoms with van der Waals surface area (Å²) in [6.07, 6.45) is 4.25. The van der Waals surface area contributed by atoms with E-state index in [1.54, 1.807) is 6.20 Å². The summed E-state index contributed by atoms with van der Waals surface area (Å²) in [4.78, 5) is 4.45. The molecule has 4 rings (SSSR count). The SMILES string of the molecule is CC1(c2noc(CCn3cccn3)n2)COc2ccccc2O1. The number of hydrogen-bond acceptors (Lipinski definition) is 6. The third-order valence-electron chi connectivity index (χ3n) is 3.74. The lowest BCUT2D eigenvalue weighted by molar-refractivity contribution is -0.00588. The van der Waals surface area contributed by atoms with Gasteiger partial charge in [0.15, 0.2) is 11.5 Å². The van der Waals surface area contributed by atoms with Crippen LogP contribution in [0.3, 0.4) is 0 Å². The number of nitrogens with zero attached hydrogens (tertiary/aromatic N) is 4. The van der Waals surface area contributed by atoms with Crippen LogP contribution in [0.25, 0.3) is 0 Å². The Morgan fingerprint density at radius 3 is 2.91 bits per heavy atom. The fourth-order valence-corrected chi connectivity index (χ4v) is 2.47. The molecule has 3 aromatic rings. The zero-order valence-corrected chi connectivity index (χ0v) is 12.7. The van der Waals surface area contributed by atoms with Crippen molar-refractivity contribution in [2.45, 2.75) is 25.5 Å². The second-order valence-corrected chi connectivity index (χ2v) is 5.60. The quantitative estimate of drug-likeness (QED) is 0.735. The van der Waals surface area contributed by atoms with E-state index >= 15 is 0 Å². The van der Waals surface area contributed by atoms with Crippen molar-refractivity contribution in [1.29, 1.82) is 0 Å². The Morgan fingerprint density at radius 1 is 1.22 bits per heavy atom. The maximum atomic E-state index is 6.04. The van der Waals surface area contributed by atoms with Crippen molar-refractivity contribution in [1.82, 2.24) is 19.9 Å². The number of aromatic nitrogens is 4. The van der Waals surface area contributed by atoms with Crippen LogP contribution >= 0.6 is 0 Å². The Bertz CT molecular complexity index is 799. The molecular weight excluding hydrogens is 296 g/mol. The molecule has 1 atom stereocenters. The van der Waals surface area contributed by atoms with E-state index in [0.29, 0.717) is 37.0 Å². The average molecular weight is 312 g/mol. The highest BCUT2D eigenvalue weighted by Crippen LogP contribution is 2.38. The van der Waals surface area contributed by atoms with Crippen molar-refractivity contribution in [3.63, 3.8) is 0 Å². The van der Waals surface area contributed by atoms with Gasteiger partial charge in [-0.3, -0.25) is 4.68 Å². The van der Waals surface area contributed by atoms with E-state index in [0.717, 1.165) is 5.75 Å². The molecule has 0 spiro atoms. The molecule has 0 saturated heterocycles. The number of benzene rings is 1. The van der Waals surface area contributed by atoms with Gasteiger partial charge in [0.05, 0.1) is 0 Å². The Kier molecular flexibility index (Phi) is 3.25. The number of aryl methyl sites for hydroxylation is 2. The average Bonchev–Trinajstić information content (AvgIpc) is 3.24. The van der Waals surface area contributed by atoms with Gasteiger partial charge in [0.1, 0.15) is 6.61 Å². The molecule has 7 nitrogen and oxygen atoms in total. The van der Waals surface area contributed by atoms with Gasteiger partial charge in [-0.2, -0.15) is 10.1 Å². The van der Waals surface area contributed by atoms with Gasteiger partial charge in [0, 0.05) is 25.4 Å². The van der Waals surface area contributed by atoms with Gasteiger partial charge in [0.25, 0.3) is 0 Å². The van der Waals surface area contributed by atoms with Crippen LogP contribution in [0.1, 0.15) is 18.6 Å². The molecule has 0 saturated carbocycles. The highest BCUT2D eigenvalue weighted by molar-refractivity contribution is 5.41. The van der Waals surface area contributed by atoms with Crippen LogP contribution in [0.4, 0.5) is 0 Å². The van der Waals surface area contributed by atoms with Crippen LogP contribution in [0.15, 0.2) is 47.2 Å². The third-order valence-corrected chi connectivity index (χ3v) is 3.74. The number of hydrogen-bond donors (Lipinski definition) is 0. The maximum absolute atomic E-state index is 6.04. The largest absolute Gasteiger partial charge is 0.485 e. The molecule has 0 aliphatic carbocycles. The molecule has 1 aliphatic heterocycles. The molecule has 0 N–H and O–H groups in total.